The fraction of sp³-hybridized carbons (Fsp3) is 1.00. The lowest BCUT2D eigenvalue weighted by atomic mass is 9.62. The van der Waals surface area contributed by atoms with E-state index in [1.807, 2.05) is 0 Å². The van der Waals surface area contributed by atoms with E-state index < -0.39 is 0 Å². The van der Waals surface area contributed by atoms with Crippen molar-refractivity contribution in [3.8, 4) is 0 Å². The topological polar surface area (TPSA) is 35.2 Å². The van der Waals surface area contributed by atoms with Gasteiger partial charge in [-0.15, -0.1) is 0 Å². The Morgan fingerprint density at radius 3 is 2.31 bits per heavy atom. The number of rotatable bonds is 3. The predicted octanol–water partition coefficient (Wildman–Crippen LogP) is 3.24. The van der Waals surface area contributed by atoms with Crippen molar-refractivity contribution >= 4 is 0 Å². The molecule has 2 fully saturated rings. The quantitative estimate of drug-likeness (QED) is 0.748. The van der Waals surface area contributed by atoms with E-state index in [0.29, 0.717) is 18.2 Å². The molecule has 0 aromatic rings. The number of hydrogen-bond donors (Lipinski definition) is 1. The minimum absolute atomic E-state index is 0.242. The largest absolute Gasteiger partial charge is 0.374 e. The third kappa shape index (κ3) is 2.28. The molecule has 0 aromatic carbocycles. The van der Waals surface area contributed by atoms with Gasteiger partial charge in [-0.25, -0.2) is 0 Å². The summed E-state index contributed by atoms with van der Waals surface area (Å²) in [5.74, 6) is 0. The predicted molar refractivity (Wildman–Crippen MR) is 67.4 cm³/mol. The number of ether oxygens (including phenoxy) is 1. The molecule has 0 aliphatic heterocycles. The standard InChI is InChI=1S/C14H27NO/c1-3-14(2)12(15)10-13(14)16-11-8-6-4-5-7-9-11/h11-13H,3-10,15H2,1-2H3. The summed E-state index contributed by atoms with van der Waals surface area (Å²) in [6, 6.07) is 0.355. The Labute approximate surface area is 99.9 Å². The van der Waals surface area contributed by atoms with Gasteiger partial charge in [0.05, 0.1) is 12.2 Å². The van der Waals surface area contributed by atoms with Crippen LogP contribution in [0.1, 0.15) is 65.2 Å². The third-order valence-electron chi connectivity index (χ3n) is 4.97. The van der Waals surface area contributed by atoms with Crippen LogP contribution in [0.25, 0.3) is 0 Å². The summed E-state index contributed by atoms with van der Waals surface area (Å²) in [7, 11) is 0. The molecule has 2 rings (SSSR count). The molecule has 0 amide bonds. The number of nitrogens with two attached hydrogens (primary N) is 1. The van der Waals surface area contributed by atoms with Crippen molar-refractivity contribution in [1.82, 2.24) is 0 Å². The summed E-state index contributed by atoms with van der Waals surface area (Å²) < 4.78 is 6.30. The van der Waals surface area contributed by atoms with Crippen molar-refractivity contribution < 1.29 is 4.74 Å². The Balaban J connectivity index is 1.85. The first-order valence-corrected chi connectivity index (χ1v) is 7.08. The van der Waals surface area contributed by atoms with E-state index in [9.17, 15) is 0 Å². The van der Waals surface area contributed by atoms with E-state index >= 15 is 0 Å². The molecule has 16 heavy (non-hydrogen) atoms. The van der Waals surface area contributed by atoms with Crippen LogP contribution in [-0.2, 0) is 4.74 Å². The Morgan fingerprint density at radius 2 is 1.81 bits per heavy atom. The van der Waals surface area contributed by atoms with Crippen molar-refractivity contribution in [1.29, 1.82) is 0 Å². The van der Waals surface area contributed by atoms with E-state index in [4.69, 9.17) is 10.5 Å². The van der Waals surface area contributed by atoms with Crippen LogP contribution in [-0.4, -0.2) is 18.2 Å². The molecule has 0 heterocycles. The summed E-state index contributed by atoms with van der Waals surface area (Å²) in [6.45, 7) is 4.53. The molecule has 0 radical (unpaired) electrons. The van der Waals surface area contributed by atoms with Gasteiger partial charge in [0.1, 0.15) is 0 Å². The molecule has 0 bridgehead atoms. The van der Waals surface area contributed by atoms with E-state index in [1.165, 1.54) is 38.5 Å². The smallest absolute Gasteiger partial charge is 0.0662 e. The van der Waals surface area contributed by atoms with Gasteiger partial charge >= 0.3 is 0 Å². The van der Waals surface area contributed by atoms with Gasteiger partial charge in [-0.3, -0.25) is 0 Å². The molecule has 3 unspecified atom stereocenters. The maximum absolute atomic E-state index is 6.30. The summed E-state index contributed by atoms with van der Waals surface area (Å²) in [4.78, 5) is 0. The minimum Gasteiger partial charge on any atom is -0.374 e. The van der Waals surface area contributed by atoms with Gasteiger partial charge in [0.15, 0.2) is 0 Å². The third-order valence-corrected chi connectivity index (χ3v) is 4.97. The van der Waals surface area contributed by atoms with Crippen LogP contribution in [0.5, 0.6) is 0 Å². The van der Waals surface area contributed by atoms with E-state index in [-0.39, 0.29) is 5.41 Å². The Hall–Kier alpha value is -0.0800. The molecule has 3 atom stereocenters. The SMILES string of the molecule is CCC1(C)C(N)CC1OC1CCCCCC1. The molecule has 2 saturated carbocycles. The van der Waals surface area contributed by atoms with Crippen LogP contribution in [0.2, 0.25) is 0 Å². The summed E-state index contributed by atoms with van der Waals surface area (Å²) in [5, 5.41) is 0. The first-order chi connectivity index (χ1) is 7.66. The molecular weight excluding hydrogens is 198 g/mol. The molecule has 0 saturated heterocycles. The van der Waals surface area contributed by atoms with Gasteiger partial charge in [0, 0.05) is 11.5 Å². The van der Waals surface area contributed by atoms with Crippen molar-refractivity contribution in [3.05, 3.63) is 0 Å². The van der Waals surface area contributed by atoms with Crippen LogP contribution in [0, 0.1) is 5.41 Å². The van der Waals surface area contributed by atoms with Crippen molar-refractivity contribution in [3.63, 3.8) is 0 Å². The van der Waals surface area contributed by atoms with Crippen LogP contribution >= 0.6 is 0 Å². The van der Waals surface area contributed by atoms with Crippen molar-refractivity contribution in [2.24, 2.45) is 11.1 Å². The van der Waals surface area contributed by atoms with Crippen LogP contribution in [0.3, 0.4) is 0 Å². The summed E-state index contributed by atoms with van der Waals surface area (Å²) in [5.41, 5.74) is 6.36. The second kappa shape index (κ2) is 5.05. The highest BCUT2D eigenvalue weighted by molar-refractivity contribution is 5.03. The summed E-state index contributed by atoms with van der Waals surface area (Å²) in [6.07, 6.45) is 11.2. The van der Waals surface area contributed by atoms with Gasteiger partial charge in [-0.05, 0) is 25.7 Å². The molecule has 94 valence electrons. The zero-order chi connectivity index (χ0) is 11.6. The molecular formula is C14H27NO. The molecule has 2 heteroatoms. The Kier molecular flexibility index (Phi) is 3.91. The monoisotopic (exact) mass is 225 g/mol. The normalized spacial score (nSPS) is 41.4. The maximum atomic E-state index is 6.30. The highest BCUT2D eigenvalue weighted by atomic mass is 16.5. The van der Waals surface area contributed by atoms with Gasteiger partial charge < -0.3 is 10.5 Å². The molecule has 2 nitrogen and oxygen atoms in total. The molecule has 2 aliphatic carbocycles. The van der Waals surface area contributed by atoms with Crippen LogP contribution in [0.4, 0.5) is 0 Å². The first kappa shape index (κ1) is 12.4. The van der Waals surface area contributed by atoms with Gasteiger partial charge in [0.25, 0.3) is 0 Å². The van der Waals surface area contributed by atoms with Crippen LogP contribution in [0.15, 0.2) is 0 Å². The summed E-state index contributed by atoms with van der Waals surface area (Å²) >= 11 is 0. The number of hydrogen-bond acceptors (Lipinski definition) is 2. The van der Waals surface area contributed by atoms with Crippen molar-refractivity contribution in [2.75, 3.05) is 0 Å². The minimum atomic E-state index is 0.242. The maximum Gasteiger partial charge on any atom is 0.0662 e. The lowest BCUT2D eigenvalue weighted by Gasteiger charge is -2.52. The highest BCUT2D eigenvalue weighted by Gasteiger charge is 2.49. The Morgan fingerprint density at radius 1 is 1.19 bits per heavy atom. The first-order valence-electron chi connectivity index (χ1n) is 7.08. The average Bonchev–Trinajstić information content (AvgIpc) is 2.56. The highest BCUT2D eigenvalue weighted by Crippen LogP contribution is 2.45. The van der Waals surface area contributed by atoms with Crippen molar-refractivity contribution in [2.45, 2.75) is 83.5 Å². The fourth-order valence-corrected chi connectivity index (χ4v) is 3.16. The molecule has 2 aliphatic rings. The zero-order valence-electron chi connectivity index (χ0n) is 10.9. The van der Waals surface area contributed by atoms with E-state index in [0.717, 1.165) is 12.8 Å². The molecule has 0 spiro atoms. The molecule has 2 N–H and O–H groups in total. The van der Waals surface area contributed by atoms with Gasteiger partial charge in [-0.2, -0.15) is 0 Å². The zero-order valence-corrected chi connectivity index (χ0v) is 10.9. The second-order valence-electron chi connectivity index (χ2n) is 5.94. The average molecular weight is 225 g/mol. The van der Waals surface area contributed by atoms with Gasteiger partial charge in [0.2, 0.25) is 0 Å². The molecule has 0 aromatic heterocycles. The lowest BCUT2D eigenvalue weighted by Crippen LogP contribution is -2.61. The lowest BCUT2D eigenvalue weighted by molar-refractivity contribution is -0.151. The second-order valence-corrected chi connectivity index (χ2v) is 5.94. The van der Waals surface area contributed by atoms with Gasteiger partial charge in [-0.1, -0.05) is 39.5 Å². The van der Waals surface area contributed by atoms with E-state index in [2.05, 4.69) is 13.8 Å². The fourth-order valence-electron chi connectivity index (χ4n) is 3.16. The van der Waals surface area contributed by atoms with Crippen LogP contribution < -0.4 is 5.73 Å². The Bertz CT molecular complexity index is 223. The van der Waals surface area contributed by atoms with E-state index in [1.54, 1.807) is 0 Å².